The molecule has 1 N–H and O–H groups in total. The van der Waals surface area contributed by atoms with Crippen LogP contribution in [0.25, 0.3) is 0 Å². The topological polar surface area (TPSA) is 21.3 Å². The molecule has 0 aliphatic rings. The highest BCUT2D eigenvalue weighted by atomic mass is 35.5. The van der Waals surface area contributed by atoms with E-state index in [1.165, 1.54) is 0 Å². The first-order valence-corrected chi connectivity index (χ1v) is 5.51. The molecule has 0 aliphatic heterocycles. The fraction of sp³-hybridized carbons (Fsp3) is 0.455. The van der Waals surface area contributed by atoms with Crippen molar-refractivity contribution >= 4 is 17.3 Å². The molecular weight excluding hydrogens is 255 g/mol. The first-order valence-electron chi connectivity index (χ1n) is 5.07. The van der Waals surface area contributed by atoms with Gasteiger partial charge in [0, 0.05) is 12.2 Å². The predicted octanol–water partition coefficient (Wildman–Crippen LogP) is 3.93. The highest BCUT2D eigenvalue weighted by Gasteiger charge is 2.28. The Labute approximate surface area is 103 Å². The van der Waals surface area contributed by atoms with Crippen LogP contribution < -0.4 is 5.32 Å². The number of halogens is 4. The van der Waals surface area contributed by atoms with Crippen LogP contribution in [0.3, 0.4) is 0 Å². The number of para-hydroxylation sites is 1. The van der Waals surface area contributed by atoms with E-state index in [4.69, 9.17) is 11.6 Å². The molecule has 0 spiro atoms. The molecular formula is C11H13ClF3NO. The summed E-state index contributed by atoms with van der Waals surface area (Å²) >= 11 is 5.94. The molecule has 0 bridgehead atoms. The standard InChI is InChI=1S/C11H13ClF3NO/c1-8(12)9-4-2-3-5-10(9)16-6-7-17-11(13,14)15/h2-5,8,16H,6-7H2,1H3. The summed E-state index contributed by atoms with van der Waals surface area (Å²) in [5, 5.41) is 2.65. The lowest BCUT2D eigenvalue weighted by Gasteiger charge is -2.14. The molecule has 1 atom stereocenters. The fourth-order valence-corrected chi connectivity index (χ4v) is 1.55. The number of ether oxygens (including phenoxy) is 1. The molecule has 1 unspecified atom stereocenters. The van der Waals surface area contributed by atoms with E-state index in [-0.39, 0.29) is 11.9 Å². The Morgan fingerprint density at radius 2 is 2.00 bits per heavy atom. The Bertz CT molecular complexity index is 355. The molecule has 0 heterocycles. The lowest BCUT2D eigenvalue weighted by atomic mass is 10.1. The van der Waals surface area contributed by atoms with E-state index in [0.29, 0.717) is 0 Å². The van der Waals surface area contributed by atoms with Crippen LogP contribution in [0.5, 0.6) is 0 Å². The minimum Gasteiger partial charge on any atom is -0.382 e. The van der Waals surface area contributed by atoms with Gasteiger partial charge in [-0.2, -0.15) is 0 Å². The average molecular weight is 268 g/mol. The van der Waals surface area contributed by atoms with Crippen molar-refractivity contribution in [2.24, 2.45) is 0 Å². The van der Waals surface area contributed by atoms with Crippen molar-refractivity contribution in [3.05, 3.63) is 29.8 Å². The van der Waals surface area contributed by atoms with Crippen LogP contribution >= 0.6 is 11.6 Å². The van der Waals surface area contributed by atoms with Gasteiger partial charge in [-0.05, 0) is 18.6 Å². The second-order valence-corrected chi connectivity index (χ2v) is 4.08. The van der Waals surface area contributed by atoms with E-state index in [9.17, 15) is 13.2 Å². The Balaban J connectivity index is 2.47. The van der Waals surface area contributed by atoms with Crippen molar-refractivity contribution in [1.82, 2.24) is 0 Å². The van der Waals surface area contributed by atoms with Crippen molar-refractivity contribution in [2.45, 2.75) is 18.7 Å². The number of anilines is 1. The minimum absolute atomic E-state index is 0.0696. The fourth-order valence-electron chi connectivity index (χ4n) is 1.36. The number of hydrogen-bond acceptors (Lipinski definition) is 2. The van der Waals surface area contributed by atoms with Crippen LogP contribution in [-0.2, 0) is 4.74 Å². The van der Waals surface area contributed by atoms with E-state index in [0.717, 1.165) is 11.3 Å². The Hall–Kier alpha value is -0.940. The number of alkyl halides is 4. The van der Waals surface area contributed by atoms with Crippen LogP contribution in [0.1, 0.15) is 17.9 Å². The molecule has 1 aromatic carbocycles. The van der Waals surface area contributed by atoms with Gasteiger partial charge < -0.3 is 5.32 Å². The summed E-state index contributed by atoms with van der Waals surface area (Å²) in [6.45, 7) is 1.43. The van der Waals surface area contributed by atoms with Crippen molar-refractivity contribution in [2.75, 3.05) is 18.5 Å². The molecule has 0 radical (unpaired) electrons. The van der Waals surface area contributed by atoms with Gasteiger partial charge in [-0.25, -0.2) is 0 Å². The monoisotopic (exact) mass is 267 g/mol. The summed E-state index contributed by atoms with van der Waals surface area (Å²) in [5.41, 5.74) is 1.57. The van der Waals surface area contributed by atoms with Gasteiger partial charge >= 0.3 is 6.36 Å². The van der Waals surface area contributed by atoms with E-state index in [1.54, 1.807) is 19.1 Å². The molecule has 0 saturated heterocycles. The minimum atomic E-state index is -4.58. The third-order valence-electron chi connectivity index (χ3n) is 2.07. The van der Waals surface area contributed by atoms with Gasteiger partial charge in [0.1, 0.15) is 0 Å². The van der Waals surface area contributed by atoms with Gasteiger partial charge in [0.05, 0.1) is 12.0 Å². The van der Waals surface area contributed by atoms with E-state index >= 15 is 0 Å². The normalized spacial score (nSPS) is 13.5. The lowest BCUT2D eigenvalue weighted by molar-refractivity contribution is -0.322. The smallest absolute Gasteiger partial charge is 0.382 e. The third-order valence-corrected chi connectivity index (χ3v) is 2.31. The van der Waals surface area contributed by atoms with Crippen molar-refractivity contribution < 1.29 is 17.9 Å². The Morgan fingerprint density at radius 1 is 1.35 bits per heavy atom. The highest BCUT2D eigenvalue weighted by Crippen LogP contribution is 2.26. The molecule has 0 aromatic heterocycles. The van der Waals surface area contributed by atoms with Crippen LogP contribution in [-0.4, -0.2) is 19.5 Å². The molecule has 0 aliphatic carbocycles. The second-order valence-electron chi connectivity index (χ2n) is 3.42. The number of benzene rings is 1. The van der Waals surface area contributed by atoms with E-state index < -0.39 is 13.0 Å². The molecule has 2 nitrogen and oxygen atoms in total. The lowest BCUT2D eigenvalue weighted by Crippen LogP contribution is -2.19. The zero-order valence-corrected chi connectivity index (χ0v) is 9.98. The molecule has 96 valence electrons. The maximum absolute atomic E-state index is 11.7. The number of rotatable bonds is 5. The summed E-state index contributed by atoms with van der Waals surface area (Å²) < 4.78 is 38.8. The van der Waals surface area contributed by atoms with Gasteiger partial charge in [0.15, 0.2) is 0 Å². The SMILES string of the molecule is CC(Cl)c1ccccc1NCCOC(F)(F)F. The summed E-state index contributed by atoms with van der Waals surface area (Å²) in [5.74, 6) is 0. The average Bonchev–Trinajstić information content (AvgIpc) is 2.23. The predicted molar refractivity (Wildman–Crippen MR) is 61.2 cm³/mol. The van der Waals surface area contributed by atoms with Gasteiger partial charge in [-0.1, -0.05) is 18.2 Å². The molecule has 0 saturated carbocycles. The van der Waals surface area contributed by atoms with Gasteiger partial charge in [-0.3, -0.25) is 4.74 Å². The van der Waals surface area contributed by atoms with E-state index in [2.05, 4.69) is 10.1 Å². The van der Waals surface area contributed by atoms with Gasteiger partial charge in [0.25, 0.3) is 0 Å². The van der Waals surface area contributed by atoms with Crippen LogP contribution in [0.15, 0.2) is 24.3 Å². The molecule has 1 rings (SSSR count). The Morgan fingerprint density at radius 3 is 2.59 bits per heavy atom. The second kappa shape index (κ2) is 6.12. The van der Waals surface area contributed by atoms with Gasteiger partial charge in [0.2, 0.25) is 0 Å². The van der Waals surface area contributed by atoms with Crippen molar-refractivity contribution in [3.8, 4) is 0 Å². The quantitative estimate of drug-likeness (QED) is 0.645. The Kier molecular flexibility index (Phi) is 5.08. The van der Waals surface area contributed by atoms with Crippen LogP contribution in [0, 0.1) is 0 Å². The summed E-state index contributed by atoms with van der Waals surface area (Å²) in [6, 6.07) is 7.20. The first kappa shape index (κ1) is 14.1. The molecule has 0 amide bonds. The summed E-state index contributed by atoms with van der Waals surface area (Å²) in [6.07, 6.45) is -4.58. The zero-order valence-electron chi connectivity index (χ0n) is 9.22. The summed E-state index contributed by atoms with van der Waals surface area (Å²) in [4.78, 5) is 0. The summed E-state index contributed by atoms with van der Waals surface area (Å²) in [7, 11) is 0. The van der Waals surface area contributed by atoms with Crippen molar-refractivity contribution in [1.29, 1.82) is 0 Å². The maximum Gasteiger partial charge on any atom is 0.522 e. The zero-order chi connectivity index (χ0) is 12.9. The molecule has 0 fully saturated rings. The number of nitrogens with one attached hydrogen (secondary N) is 1. The largest absolute Gasteiger partial charge is 0.522 e. The van der Waals surface area contributed by atoms with Crippen LogP contribution in [0.2, 0.25) is 0 Å². The third kappa shape index (κ3) is 5.28. The van der Waals surface area contributed by atoms with Gasteiger partial charge in [-0.15, -0.1) is 24.8 Å². The van der Waals surface area contributed by atoms with Crippen molar-refractivity contribution in [3.63, 3.8) is 0 Å². The molecule has 6 heteroatoms. The number of hydrogen-bond donors (Lipinski definition) is 1. The molecule has 17 heavy (non-hydrogen) atoms. The molecule has 1 aromatic rings. The van der Waals surface area contributed by atoms with E-state index in [1.807, 2.05) is 12.1 Å². The highest BCUT2D eigenvalue weighted by molar-refractivity contribution is 6.21. The maximum atomic E-state index is 11.7. The first-order chi connectivity index (χ1) is 7.90. The van der Waals surface area contributed by atoms with Crippen LogP contribution in [0.4, 0.5) is 18.9 Å².